The highest BCUT2D eigenvalue weighted by molar-refractivity contribution is 7.98. The number of hydrogen-bond donors (Lipinski definition) is 1. The van der Waals surface area contributed by atoms with Crippen molar-refractivity contribution in [1.82, 2.24) is 10.2 Å². The van der Waals surface area contributed by atoms with Crippen LogP contribution in [0.2, 0.25) is 0 Å². The van der Waals surface area contributed by atoms with Crippen molar-refractivity contribution < 1.29 is 4.74 Å². The number of nitrogens with zero attached hydrogens (tertiary/aromatic N) is 1. The molecule has 1 saturated heterocycles. The minimum Gasteiger partial charge on any atom is -0.377 e. The van der Waals surface area contributed by atoms with E-state index in [1.54, 1.807) is 0 Å². The van der Waals surface area contributed by atoms with E-state index in [-0.39, 0.29) is 0 Å². The largest absolute Gasteiger partial charge is 0.377 e. The third-order valence-electron chi connectivity index (χ3n) is 2.74. The molecule has 0 radical (unpaired) electrons. The fraction of sp³-hybridized carbons (Fsp3) is 1.00. The van der Waals surface area contributed by atoms with Crippen molar-refractivity contribution in [2.24, 2.45) is 0 Å². The lowest BCUT2D eigenvalue weighted by Crippen LogP contribution is -2.34. The Balaban J connectivity index is 1.87. The molecule has 4 heteroatoms. The summed E-state index contributed by atoms with van der Waals surface area (Å²) >= 11 is 1.91. The van der Waals surface area contributed by atoms with Gasteiger partial charge in [0.25, 0.3) is 0 Å². The number of nitrogens with one attached hydrogen (secondary N) is 1. The number of thioether (sulfide) groups is 1. The summed E-state index contributed by atoms with van der Waals surface area (Å²) in [5.41, 5.74) is 0. The number of rotatable bonds is 8. The van der Waals surface area contributed by atoms with Gasteiger partial charge in [-0.2, -0.15) is 11.8 Å². The van der Waals surface area contributed by atoms with E-state index in [0.717, 1.165) is 26.2 Å². The van der Waals surface area contributed by atoms with Crippen LogP contribution in [0.1, 0.15) is 12.8 Å². The Morgan fingerprint density at radius 2 is 2.33 bits per heavy atom. The van der Waals surface area contributed by atoms with E-state index in [9.17, 15) is 0 Å². The second kappa shape index (κ2) is 8.39. The second-order valence-electron chi connectivity index (χ2n) is 4.14. The average molecular weight is 232 g/mol. The highest BCUT2D eigenvalue weighted by Crippen LogP contribution is 2.10. The van der Waals surface area contributed by atoms with Crippen LogP contribution in [0.4, 0.5) is 0 Å². The number of likely N-dealkylation sites (N-methyl/N-ethyl adjacent to an activating group) is 1. The maximum absolute atomic E-state index is 5.55. The molecule has 0 amide bonds. The lowest BCUT2D eigenvalue weighted by molar-refractivity contribution is 0.109. The molecule has 1 aliphatic heterocycles. The molecule has 0 aliphatic carbocycles. The molecule has 3 nitrogen and oxygen atoms in total. The molecule has 0 saturated carbocycles. The molecule has 15 heavy (non-hydrogen) atoms. The Morgan fingerprint density at radius 3 is 3.00 bits per heavy atom. The van der Waals surface area contributed by atoms with E-state index in [4.69, 9.17) is 4.74 Å². The van der Waals surface area contributed by atoms with E-state index in [2.05, 4.69) is 23.5 Å². The molecule has 1 rings (SSSR count). The molecule has 0 aromatic heterocycles. The van der Waals surface area contributed by atoms with Gasteiger partial charge in [0, 0.05) is 38.5 Å². The predicted octanol–water partition coefficient (Wildman–Crippen LogP) is 1.05. The quantitative estimate of drug-likeness (QED) is 0.632. The van der Waals surface area contributed by atoms with Crippen LogP contribution in [-0.2, 0) is 4.74 Å². The fourth-order valence-electron chi connectivity index (χ4n) is 1.70. The zero-order valence-electron chi connectivity index (χ0n) is 10.00. The van der Waals surface area contributed by atoms with Gasteiger partial charge in [-0.05, 0) is 26.1 Å². The second-order valence-corrected chi connectivity index (χ2v) is 5.12. The smallest absolute Gasteiger partial charge is 0.0700 e. The Hall–Kier alpha value is 0.230. The molecule has 1 N–H and O–H groups in total. The van der Waals surface area contributed by atoms with Crippen molar-refractivity contribution in [2.75, 3.05) is 51.8 Å². The van der Waals surface area contributed by atoms with E-state index < -0.39 is 0 Å². The molecule has 1 aliphatic rings. The predicted molar refractivity (Wildman–Crippen MR) is 67.7 cm³/mol. The summed E-state index contributed by atoms with van der Waals surface area (Å²) in [5, 5.41) is 3.46. The SMILES string of the molecule is CSCCN(C)CCNCC1CCCO1. The summed E-state index contributed by atoms with van der Waals surface area (Å²) in [6.07, 6.45) is 5.10. The Bertz CT molecular complexity index is 152. The summed E-state index contributed by atoms with van der Waals surface area (Å²) in [6, 6.07) is 0. The van der Waals surface area contributed by atoms with Crippen LogP contribution in [-0.4, -0.2) is 62.8 Å². The molecule has 1 fully saturated rings. The highest BCUT2D eigenvalue weighted by Gasteiger charge is 2.14. The monoisotopic (exact) mass is 232 g/mol. The zero-order chi connectivity index (χ0) is 10.9. The Labute approximate surface area is 97.9 Å². The first-order valence-electron chi connectivity index (χ1n) is 5.82. The van der Waals surface area contributed by atoms with E-state index >= 15 is 0 Å². The summed E-state index contributed by atoms with van der Waals surface area (Å²) < 4.78 is 5.55. The van der Waals surface area contributed by atoms with Crippen LogP contribution in [0.5, 0.6) is 0 Å². The lowest BCUT2D eigenvalue weighted by atomic mass is 10.2. The minimum absolute atomic E-state index is 0.474. The molecule has 90 valence electrons. The first kappa shape index (κ1) is 13.3. The fourth-order valence-corrected chi connectivity index (χ4v) is 2.19. The first-order valence-corrected chi connectivity index (χ1v) is 7.22. The van der Waals surface area contributed by atoms with E-state index in [1.807, 2.05) is 11.8 Å². The van der Waals surface area contributed by atoms with Crippen molar-refractivity contribution >= 4 is 11.8 Å². The molecule has 0 bridgehead atoms. The van der Waals surface area contributed by atoms with Crippen molar-refractivity contribution in [1.29, 1.82) is 0 Å². The van der Waals surface area contributed by atoms with Gasteiger partial charge >= 0.3 is 0 Å². The minimum atomic E-state index is 0.474. The molecule has 1 heterocycles. The summed E-state index contributed by atoms with van der Waals surface area (Å²) in [5.74, 6) is 1.22. The zero-order valence-corrected chi connectivity index (χ0v) is 10.8. The maximum atomic E-state index is 5.55. The molecule has 0 aromatic carbocycles. The average Bonchev–Trinajstić information content (AvgIpc) is 2.74. The summed E-state index contributed by atoms with van der Waals surface area (Å²) in [6.45, 7) is 5.37. The van der Waals surface area contributed by atoms with Crippen LogP contribution in [0.15, 0.2) is 0 Å². The van der Waals surface area contributed by atoms with Crippen molar-refractivity contribution in [3.63, 3.8) is 0 Å². The first-order chi connectivity index (χ1) is 7.33. The van der Waals surface area contributed by atoms with Crippen molar-refractivity contribution in [3.05, 3.63) is 0 Å². The van der Waals surface area contributed by atoms with Gasteiger partial charge in [-0.1, -0.05) is 0 Å². The van der Waals surface area contributed by atoms with Gasteiger partial charge in [-0.3, -0.25) is 0 Å². The molecule has 0 spiro atoms. The number of ether oxygens (including phenoxy) is 1. The van der Waals surface area contributed by atoms with Gasteiger partial charge in [-0.15, -0.1) is 0 Å². The third kappa shape index (κ3) is 6.40. The van der Waals surface area contributed by atoms with Crippen LogP contribution in [0, 0.1) is 0 Å². The normalized spacial score (nSPS) is 21.4. The van der Waals surface area contributed by atoms with Crippen molar-refractivity contribution in [2.45, 2.75) is 18.9 Å². The van der Waals surface area contributed by atoms with Gasteiger partial charge in [0.2, 0.25) is 0 Å². The van der Waals surface area contributed by atoms with Gasteiger partial charge in [0.1, 0.15) is 0 Å². The van der Waals surface area contributed by atoms with Crippen LogP contribution in [0.25, 0.3) is 0 Å². The van der Waals surface area contributed by atoms with Crippen LogP contribution >= 0.6 is 11.8 Å². The molecule has 0 aromatic rings. The third-order valence-corrected chi connectivity index (χ3v) is 3.33. The van der Waals surface area contributed by atoms with E-state index in [1.165, 1.54) is 25.1 Å². The molecular formula is C11H24N2OS. The maximum Gasteiger partial charge on any atom is 0.0700 e. The molecule has 1 unspecified atom stereocenters. The number of hydrogen-bond acceptors (Lipinski definition) is 4. The Morgan fingerprint density at radius 1 is 1.47 bits per heavy atom. The van der Waals surface area contributed by atoms with Crippen molar-refractivity contribution in [3.8, 4) is 0 Å². The van der Waals surface area contributed by atoms with Gasteiger partial charge < -0.3 is 15.0 Å². The molecule has 1 atom stereocenters. The Kier molecular flexibility index (Phi) is 7.44. The highest BCUT2D eigenvalue weighted by atomic mass is 32.2. The van der Waals surface area contributed by atoms with E-state index in [0.29, 0.717) is 6.10 Å². The summed E-state index contributed by atoms with van der Waals surface area (Å²) in [4.78, 5) is 2.37. The topological polar surface area (TPSA) is 24.5 Å². The lowest BCUT2D eigenvalue weighted by Gasteiger charge is -2.17. The van der Waals surface area contributed by atoms with Crippen LogP contribution < -0.4 is 5.32 Å². The summed E-state index contributed by atoms with van der Waals surface area (Å²) in [7, 11) is 2.18. The van der Waals surface area contributed by atoms with Gasteiger partial charge in [0.15, 0.2) is 0 Å². The van der Waals surface area contributed by atoms with Gasteiger partial charge in [-0.25, -0.2) is 0 Å². The standard InChI is InChI=1S/C11H24N2OS/c1-13(7-9-15-2)6-5-12-10-11-4-3-8-14-11/h11-12H,3-10H2,1-2H3. The molecular weight excluding hydrogens is 208 g/mol. The van der Waals surface area contributed by atoms with Crippen LogP contribution in [0.3, 0.4) is 0 Å². The van der Waals surface area contributed by atoms with Gasteiger partial charge in [0.05, 0.1) is 6.10 Å².